The van der Waals surface area contributed by atoms with Gasteiger partial charge in [0, 0.05) is 19.3 Å². The minimum atomic E-state index is -1.13. The summed E-state index contributed by atoms with van der Waals surface area (Å²) < 4.78 is 17.1. The molecule has 0 saturated heterocycles. The lowest BCUT2D eigenvalue weighted by molar-refractivity contribution is -0.889. The molecule has 0 radical (unpaired) electrons. The Labute approximate surface area is 367 Å². The van der Waals surface area contributed by atoms with Crippen molar-refractivity contribution in [2.75, 3.05) is 41.0 Å². The molecule has 2 atom stereocenters. The van der Waals surface area contributed by atoms with Crippen LogP contribution >= 0.6 is 0 Å². The van der Waals surface area contributed by atoms with Gasteiger partial charge in [-0.2, -0.15) is 0 Å². The standard InChI is InChI=1S/C52H87NO7/c1-6-8-10-12-14-16-18-20-21-22-23-24-25-26-27-28-29-31-32-34-36-38-40-42-50(54)59-47-48(46-58-45-44-49(52(56)57)53(3,4)5)60-51(55)43-41-39-37-35-33-30-19-17-15-13-11-9-7-2/h8,10,14,16,20-21,23-24,26-27,29,31,34,36,48-49H,6-7,9,11-13,15,17-19,22,25,28,30,32-33,35,37-47H2,1-5H3/b10-8+,16-14+,21-20+,24-23+,27-26+,31-29+,36-34+. The normalized spacial score (nSPS) is 13.7. The van der Waals surface area contributed by atoms with Gasteiger partial charge in [-0.05, 0) is 64.2 Å². The van der Waals surface area contributed by atoms with E-state index in [0.717, 1.165) is 70.6 Å². The third kappa shape index (κ3) is 39.9. The van der Waals surface area contributed by atoms with Crippen molar-refractivity contribution >= 4 is 17.9 Å². The maximum atomic E-state index is 12.7. The van der Waals surface area contributed by atoms with Crippen molar-refractivity contribution in [2.24, 2.45) is 0 Å². The first-order valence-corrected chi connectivity index (χ1v) is 23.6. The van der Waals surface area contributed by atoms with Crippen molar-refractivity contribution in [2.45, 2.75) is 187 Å². The zero-order chi connectivity index (χ0) is 44.2. The van der Waals surface area contributed by atoms with Crippen molar-refractivity contribution in [3.63, 3.8) is 0 Å². The molecule has 2 unspecified atom stereocenters. The van der Waals surface area contributed by atoms with E-state index in [1.165, 1.54) is 64.2 Å². The molecule has 0 spiro atoms. The number of quaternary nitrogens is 1. The summed E-state index contributed by atoms with van der Waals surface area (Å²) in [6.45, 7) is 4.48. The summed E-state index contributed by atoms with van der Waals surface area (Å²) in [6.07, 6.45) is 54.7. The number of esters is 2. The molecule has 8 nitrogen and oxygen atoms in total. The third-order valence-corrected chi connectivity index (χ3v) is 10.0. The lowest BCUT2D eigenvalue weighted by Gasteiger charge is -2.34. The molecule has 0 fully saturated rings. The van der Waals surface area contributed by atoms with Crippen LogP contribution in [0, 0.1) is 0 Å². The van der Waals surface area contributed by atoms with E-state index in [4.69, 9.17) is 14.2 Å². The van der Waals surface area contributed by atoms with Crippen LogP contribution in [0.25, 0.3) is 0 Å². The average Bonchev–Trinajstić information content (AvgIpc) is 3.21. The number of carbonyl (C=O) groups excluding carboxylic acids is 3. The molecular formula is C52H87NO7. The zero-order valence-electron chi connectivity index (χ0n) is 38.8. The SMILES string of the molecule is CC/C=C/C/C=C/C/C=C/C/C=C/C/C=C/C/C=C/C/C=C/CCCC(=O)OCC(COCCC(C(=O)[O-])[N+](C)(C)C)OC(=O)CCCCCCCCCCCCCCC. The van der Waals surface area contributed by atoms with Crippen molar-refractivity contribution in [1.29, 1.82) is 0 Å². The fraction of sp³-hybridized carbons (Fsp3) is 0.673. The number of likely N-dealkylation sites (N-methyl/N-ethyl adjacent to an activating group) is 1. The number of allylic oxidation sites excluding steroid dienone is 14. The second-order valence-electron chi connectivity index (χ2n) is 16.6. The quantitative estimate of drug-likeness (QED) is 0.0261. The number of ether oxygens (including phenoxy) is 3. The van der Waals surface area contributed by atoms with Crippen molar-refractivity contribution < 1.29 is 38.2 Å². The van der Waals surface area contributed by atoms with E-state index in [9.17, 15) is 19.5 Å². The number of hydrogen-bond acceptors (Lipinski definition) is 7. The molecule has 0 rings (SSSR count). The molecule has 0 amide bonds. The molecular weight excluding hydrogens is 751 g/mol. The van der Waals surface area contributed by atoms with Crippen LogP contribution in [-0.4, -0.2) is 75.5 Å². The summed E-state index contributed by atoms with van der Waals surface area (Å²) in [5, 5.41) is 11.6. The van der Waals surface area contributed by atoms with E-state index in [1.807, 2.05) is 0 Å². The number of unbranched alkanes of at least 4 members (excludes halogenated alkanes) is 13. The monoisotopic (exact) mass is 838 g/mol. The highest BCUT2D eigenvalue weighted by atomic mass is 16.6. The molecule has 0 aromatic heterocycles. The number of rotatable bonds is 41. The van der Waals surface area contributed by atoms with Crippen LogP contribution in [0.15, 0.2) is 85.1 Å². The van der Waals surface area contributed by atoms with Gasteiger partial charge in [-0.1, -0.05) is 176 Å². The maximum Gasteiger partial charge on any atom is 0.306 e. The lowest BCUT2D eigenvalue weighted by Crippen LogP contribution is -2.55. The first kappa shape index (κ1) is 56.5. The van der Waals surface area contributed by atoms with Gasteiger partial charge < -0.3 is 28.6 Å². The second kappa shape index (κ2) is 42.2. The highest BCUT2D eigenvalue weighted by Crippen LogP contribution is 2.14. The van der Waals surface area contributed by atoms with E-state index < -0.39 is 18.1 Å². The Morgan fingerprint density at radius 1 is 0.517 bits per heavy atom. The predicted octanol–water partition coefficient (Wildman–Crippen LogP) is 12.0. The van der Waals surface area contributed by atoms with Crippen LogP contribution in [0.5, 0.6) is 0 Å². The summed E-state index contributed by atoms with van der Waals surface area (Å²) in [5.41, 5.74) is 0. The molecule has 8 heteroatoms. The lowest BCUT2D eigenvalue weighted by atomic mass is 10.0. The van der Waals surface area contributed by atoms with Crippen LogP contribution in [0.2, 0.25) is 0 Å². The number of hydrogen-bond donors (Lipinski definition) is 0. The largest absolute Gasteiger partial charge is 0.544 e. The Morgan fingerprint density at radius 2 is 0.933 bits per heavy atom. The Morgan fingerprint density at radius 3 is 1.37 bits per heavy atom. The summed E-state index contributed by atoms with van der Waals surface area (Å²) >= 11 is 0. The smallest absolute Gasteiger partial charge is 0.306 e. The number of carbonyl (C=O) groups is 3. The number of nitrogens with zero attached hydrogens (tertiary/aromatic N) is 1. The number of carboxylic acid groups (broad SMARTS) is 1. The van der Waals surface area contributed by atoms with Gasteiger partial charge >= 0.3 is 11.9 Å². The highest BCUT2D eigenvalue weighted by Gasteiger charge is 2.25. The topological polar surface area (TPSA) is 102 Å². The number of carboxylic acids is 1. The van der Waals surface area contributed by atoms with E-state index in [0.29, 0.717) is 12.8 Å². The fourth-order valence-electron chi connectivity index (χ4n) is 6.41. The van der Waals surface area contributed by atoms with Crippen LogP contribution in [0.4, 0.5) is 0 Å². The summed E-state index contributed by atoms with van der Waals surface area (Å²) in [5.74, 6) is -1.82. The van der Waals surface area contributed by atoms with Crippen LogP contribution < -0.4 is 5.11 Å². The first-order chi connectivity index (χ1) is 29.1. The van der Waals surface area contributed by atoms with Gasteiger partial charge in [-0.3, -0.25) is 9.59 Å². The molecule has 60 heavy (non-hydrogen) atoms. The third-order valence-electron chi connectivity index (χ3n) is 10.0. The fourth-order valence-corrected chi connectivity index (χ4v) is 6.41. The number of aliphatic carboxylic acids is 1. The summed E-state index contributed by atoms with van der Waals surface area (Å²) in [7, 11) is 5.39. The molecule has 0 aromatic rings. The van der Waals surface area contributed by atoms with E-state index in [1.54, 1.807) is 21.1 Å². The molecule has 0 saturated carbocycles. The Balaban J connectivity index is 4.39. The van der Waals surface area contributed by atoms with Gasteiger partial charge in [0.2, 0.25) is 0 Å². The van der Waals surface area contributed by atoms with Crippen molar-refractivity contribution in [3.8, 4) is 0 Å². The Bertz CT molecular complexity index is 1250. The second-order valence-corrected chi connectivity index (χ2v) is 16.6. The highest BCUT2D eigenvalue weighted by molar-refractivity contribution is 5.70. The summed E-state index contributed by atoms with van der Waals surface area (Å²) in [4.78, 5) is 36.9. The van der Waals surface area contributed by atoms with E-state index in [-0.39, 0.29) is 49.1 Å². The Hall–Kier alpha value is -3.49. The molecule has 0 bridgehead atoms. The first-order valence-electron chi connectivity index (χ1n) is 23.6. The molecule has 0 aliphatic rings. The molecule has 0 N–H and O–H groups in total. The van der Waals surface area contributed by atoms with Gasteiger partial charge in [0.25, 0.3) is 0 Å². The van der Waals surface area contributed by atoms with Gasteiger partial charge in [0.1, 0.15) is 12.6 Å². The molecule has 0 aliphatic heterocycles. The molecule has 0 heterocycles. The Kier molecular flexibility index (Phi) is 39.8. The summed E-state index contributed by atoms with van der Waals surface area (Å²) in [6, 6.07) is -0.737. The van der Waals surface area contributed by atoms with E-state index >= 15 is 0 Å². The van der Waals surface area contributed by atoms with Crippen LogP contribution in [0.3, 0.4) is 0 Å². The van der Waals surface area contributed by atoms with Crippen molar-refractivity contribution in [3.05, 3.63) is 85.1 Å². The van der Waals surface area contributed by atoms with Crippen molar-refractivity contribution in [1.82, 2.24) is 0 Å². The minimum absolute atomic E-state index is 0.0197. The van der Waals surface area contributed by atoms with E-state index in [2.05, 4.69) is 98.9 Å². The van der Waals surface area contributed by atoms with Gasteiger partial charge in [0.05, 0.1) is 40.3 Å². The average molecular weight is 838 g/mol. The van der Waals surface area contributed by atoms with Crippen LogP contribution in [0.1, 0.15) is 174 Å². The molecule has 0 aromatic carbocycles. The van der Waals surface area contributed by atoms with Crippen LogP contribution in [-0.2, 0) is 28.6 Å². The maximum absolute atomic E-state index is 12.7. The van der Waals surface area contributed by atoms with Gasteiger partial charge in [0.15, 0.2) is 6.10 Å². The van der Waals surface area contributed by atoms with Gasteiger partial charge in [-0.15, -0.1) is 0 Å². The molecule has 342 valence electrons. The molecule has 0 aliphatic carbocycles. The minimum Gasteiger partial charge on any atom is -0.544 e. The van der Waals surface area contributed by atoms with Gasteiger partial charge in [-0.25, -0.2) is 0 Å². The predicted molar refractivity (Wildman–Crippen MR) is 249 cm³/mol. The zero-order valence-corrected chi connectivity index (χ0v) is 38.8.